The molecule has 0 aliphatic heterocycles. The predicted octanol–water partition coefficient (Wildman–Crippen LogP) is 2.90. The number of hydrogen-bond acceptors (Lipinski definition) is 7. The number of methoxy groups -OCH3 is 2. The van der Waals surface area contributed by atoms with Crippen molar-refractivity contribution in [1.29, 1.82) is 0 Å². The van der Waals surface area contributed by atoms with Crippen molar-refractivity contribution in [2.75, 3.05) is 14.2 Å². The highest BCUT2D eigenvalue weighted by atomic mass is 16.5. The average molecular weight is 406 g/mol. The second kappa shape index (κ2) is 7.29. The Morgan fingerprint density at radius 2 is 1.90 bits per heavy atom. The van der Waals surface area contributed by atoms with Crippen LogP contribution in [0.1, 0.15) is 46.5 Å². The van der Waals surface area contributed by atoms with Gasteiger partial charge in [0, 0.05) is 41.6 Å². The van der Waals surface area contributed by atoms with Gasteiger partial charge >= 0.3 is 5.97 Å². The molecule has 0 radical (unpaired) electrons. The quantitative estimate of drug-likeness (QED) is 0.615. The first-order valence-electron chi connectivity index (χ1n) is 9.95. The summed E-state index contributed by atoms with van der Waals surface area (Å²) in [6, 6.07) is 0. The molecule has 0 heterocycles. The third-order valence-corrected chi connectivity index (χ3v) is 7.10. The fourth-order valence-electron chi connectivity index (χ4n) is 5.67. The summed E-state index contributed by atoms with van der Waals surface area (Å²) < 4.78 is 10.2. The summed E-state index contributed by atoms with van der Waals surface area (Å²) in [5.41, 5.74) is -1.23. The third-order valence-electron chi connectivity index (χ3n) is 7.10. The van der Waals surface area contributed by atoms with Crippen LogP contribution >= 0.6 is 0 Å². The zero-order valence-electron chi connectivity index (χ0n) is 17.6. The first-order chi connectivity index (χ1) is 13.5. The van der Waals surface area contributed by atoms with Crippen LogP contribution < -0.4 is 0 Å². The van der Waals surface area contributed by atoms with Crippen molar-refractivity contribution in [3.8, 4) is 0 Å². The van der Waals surface area contributed by atoms with E-state index in [9.17, 15) is 24.9 Å². The number of rotatable bonds is 4. The lowest BCUT2D eigenvalue weighted by molar-refractivity contribution is -0.167. The fourth-order valence-corrected chi connectivity index (χ4v) is 5.67. The van der Waals surface area contributed by atoms with E-state index in [4.69, 9.17) is 9.47 Å². The zero-order chi connectivity index (χ0) is 21.7. The maximum atomic E-state index is 12.9. The van der Waals surface area contributed by atoms with Crippen LogP contribution in [0.25, 0.3) is 0 Å². The lowest BCUT2D eigenvalue weighted by Gasteiger charge is -2.55. The summed E-state index contributed by atoms with van der Waals surface area (Å²) in [6.45, 7) is 5.35. The molecule has 29 heavy (non-hydrogen) atoms. The SMILES string of the molecule is COC(=O)[C@@]1(C)CCC[C@]2(C)C3=C(O)C(=O)C(C[C@@H](C)OC)=C(O)C3=C[C@@H](O)[C@H]12. The van der Waals surface area contributed by atoms with Crippen LogP contribution in [0.3, 0.4) is 0 Å². The molecule has 5 atom stereocenters. The summed E-state index contributed by atoms with van der Waals surface area (Å²) >= 11 is 0. The average Bonchev–Trinajstić information content (AvgIpc) is 2.67. The summed E-state index contributed by atoms with van der Waals surface area (Å²) in [7, 11) is 2.82. The van der Waals surface area contributed by atoms with Crippen LogP contribution in [0.4, 0.5) is 0 Å². The molecule has 0 bridgehead atoms. The van der Waals surface area contributed by atoms with Gasteiger partial charge in [0.05, 0.1) is 24.7 Å². The van der Waals surface area contributed by atoms with E-state index >= 15 is 0 Å². The lowest BCUT2D eigenvalue weighted by Crippen LogP contribution is -2.56. The highest BCUT2D eigenvalue weighted by Crippen LogP contribution is 2.62. The van der Waals surface area contributed by atoms with E-state index in [-0.39, 0.29) is 29.4 Å². The largest absolute Gasteiger partial charge is 0.507 e. The molecular formula is C22H30O7. The molecule has 7 heteroatoms. The van der Waals surface area contributed by atoms with Crippen molar-refractivity contribution >= 4 is 11.8 Å². The fraction of sp³-hybridized carbons (Fsp3) is 0.636. The molecule has 3 rings (SSSR count). The third kappa shape index (κ3) is 3.02. The van der Waals surface area contributed by atoms with Gasteiger partial charge in [-0.2, -0.15) is 0 Å². The Morgan fingerprint density at radius 3 is 2.48 bits per heavy atom. The topological polar surface area (TPSA) is 113 Å². The van der Waals surface area contributed by atoms with Crippen LogP contribution in [-0.4, -0.2) is 53.5 Å². The van der Waals surface area contributed by atoms with Gasteiger partial charge in [0.25, 0.3) is 0 Å². The number of aliphatic hydroxyl groups excluding tert-OH is 3. The van der Waals surface area contributed by atoms with Crippen molar-refractivity contribution in [2.24, 2.45) is 16.7 Å². The first-order valence-corrected chi connectivity index (χ1v) is 9.95. The minimum absolute atomic E-state index is 0.0626. The molecule has 3 N–H and O–H groups in total. The number of carbonyl (C=O) groups is 2. The van der Waals surface area contributed by atoms with E-state index in [2.05, 4.69) is 0 Å². The molecule has 3 aliphatic rings. The van der Waals surface area contributed by atoms with Gasteiger partial charge in [-0.3, -0.25) is 9.59 Å². The number of fused-ring (bicyclic) bond motifs is 3. The molecule has 0 aromatic carbocycles. The zero-order valence-corrected chi connectivity index (χ0v) is 17.6. The Hall–Kier alpha value is -2.12. The minimum Gasteiger partial charge on any atom is -0.507 e. The normalized spacial score (nSPS) is 35.7. The van der Waals surface area contributed by atoms with Crippen molar-refractivity contribution < 1.29 is 34.4 Å². The molecule has 1 saturated carbocycles. The minimum atomic E-state index is -1.05. The van der Waals surface area contributed by atoms with Gasteiger partial charge in [0.2, 0.25) is 5.78 Å². The number of allylic oxidation sites excluding steroid dienone is 2. The number of ketones is 1. The molecule has 7 nitrogen and oxygen atoms in total. The predicted molar refractivity (Wildman–Crippen MR) is 105 cm³/mol. The van der Waals surface area contributed by atoms with E-state index in [0.717, 1.165) is 0 Å². The van der Waals surface area contributed by atoms with Gasteiger partial charge in [-0.05, 0) is 32.8 Å². The van der Waals surface area contributed by atoms with Crippen molar-refractivity contribution in [2.45, 2.75) is 58.7 Å². The Kier molecular flexibility index (Phi) is 5.43. The van der Waals surface area contributed by atoms with Gasteiger partial charge in [0.1, 0.15) is 5.76 Å². The van der Waals surface area contributed by atoms with Gasteiger partial charge in [-0.25, -0.2) is 0 Å². The molecule has 0 spiro atoms. The number of carbonyl (C=O) groups excluding carboxylic acids is 2. The van der Waals surface area contributed by atoms with Crippen LogP contribution in [0.2, 0.25) is 0 Å². The smallest absolute Gasteiger partial charge is 0.311 e. The second-order valence-corrected chi connectivity index (χ2v) is 8.86. The number of hydrogen-bond donors (Lipinski definition) is 3. The lowest BCUT2D eigenvalue weighted by atomic mass is 9.48. The van der Waals surface area contributed by atoms with Gasteiger partial charge in [-0.1, -0.05) is 13.3 Å². The molecule has 1 fully saturated rings. The van der Waals surface area contributed by atoms with Crippen molar-refractivity contribution in [1.82, 2.24) is 0 Å². The molecule has 3 aliphatic carbocycles. The maximum absolute atomic E-state index is 12.9. The van der Waals surface area contributed by atoms with Gasteiger partial charge < -0.3 is 24.8 Å². The molecule has 0 aromatic rings. The Morgan fingerprint density at radius 1 is 1.24 bits per heavy atom. The number of esters is 1. The van der Waals surface area contributed by atoms with Crippen LogP contribution in [-0.2, 0) is 19.1 Å². The van der Waals surface area contributed by atoms with Crippen LogP contribution in [0, 0.1) is 16.7 Å². The molecule has 0 saturated heterocycles. The summed E-state index contributed by atoms with van der Waals surface area (Å²) in [4.78, 5) is 25.6. The van der Waals surface area contributed by atoms with E-state index in [1.54, 1.807) is 13.8 Å². The first kappa shape index (κ1) is 21.6. The molecular weight excluding hydrogens is 376 g/mol. The van der Waals surface area contributed by atoms with E-state index < -0.39 is 40.4 Å². The molecule has 0 aromatic heterocycles. The Labute approximate surface area is 170 Å². The molecule has 160 valence electrons. The standard InChI is InChI=1S/C22H30O7/c1-11(28-4)9-13-16(24)12-10-14(23)19-21(2,15(12)18(26)17(13)25)7-6-8-22(19,3)20(27)29-5/h10-11,14,19,23-24,26H,6-9H2,1-5H3/t11-,14-,19+,21-,22+/m1/s1. The number of Topliss-reactive ketones (excluding diaryl/α,β-unsaturated/α-hetero) is 1. The summed E-state index contributed by atoms with van der Waals surface area (Å²) in [5.74, 6) is -2.34. The van der Waals surface area contributed by atoms with Crippen molar-refractivity contribution in [3.05, 3.63) is 34.3 Å². The second-order valence-electron chi connectivity index (χ2n) is 8.86. The van der Waals surface area contributed by atoms with E-state index in [0.29, 0.717) is 24.8 Å². The van der Waals surface area contributed by atoms with Gasteiger partial charge in [0.15, 0.2) is 5.76 Å². The van der Waals surface area contributed by atoms with E-state index in [1.165, 1.54) is 20.3 Å². The number of ether oxygens (including phenoxy) is 2. The highest BCUT2D eigenvalue weighted by Gasteiger charge is 2.61. The maximum Gasteiger partial charge on any atom is 0.311 e. The highest BCUT2D eigenvalue weighted by molar-refractivity contribution is 6.10. The Bertz CT molecular complexity index is 836. The van der Waals surface area contributed by atoms with Crippen LogP contribution in [0.5, 0.6) is 0 Å². The molecule has 0 unspecified atom stereocenters. The molecule has 0 amide bonds. The van der Waals surface area contributed by atoms with E-state index in [1.807, 2.05) is 6.92 Å². The van der Waals surface area contributed by atoms with Crippen LogP contribution in [0.15, 0.2) is 34.3 Å². The summed E-state index contributed by atoms with van der Waals surface area (Å²) in [5, 5.41) is 32.8. The van der Waals surface area contributed by atoms with Crippen molar-refractivity contribution in [3.63, 3.8) is 0 Å². The monoisotopic (exact) mass is 406 g/mol. The Balaban J connectivity index is 2.20. The summed E-state index contributed by atoms with van der Waals surface area (Å²) in [6.07, 6.45) is 1.94. The van der Waals surface area contributed by atoms with Gasteiger partial charge in [-0.15, -0.1) is 0 Å². The number of aliphatic hydroxyl groups is 3.